The van der Waals surface area contributed by atoms with Crippen molar-refractivity contribution in [3.63, 3.8) is 0 Å². The fraction of sp³-hybridized carbons (Fsp3) is 0.727. The van der Waals surface area contributed by atoms with Crippen molar-refractivity contribution >= 4 is 17.7 Å². The SMILES string of the molecule is CCNC(=O)CNC(=O)C(NC(C)=O)C(C)C. The Morgan fingerprint density at radius 3 is 2.12 bits per heavy atom. The summed E-state index contributed by atoms with van der Waals surface area (Å²) in [6, 6.07) is -0.609. The van der Waals surface area contributed by atoms with E-state index in [1.807, 2.05) is 13.8 Å². The average molecular weight is 243 g/mol. The van der Waals surface area contributed by atoms with Gasteiger partial charge in [0.15, 0.2) is 0 Å². The molecule has 0 aromatic heterocycles. The van der Waals surface area contributed by atoms with Crippen LogP contribution < -0.4 is 16.0 Å². The maximum atomic E-state index is 11.7. The minimum atomic E-state index is -0.609. The summed E-state index contributed by atoms with van der Waals surface area (Å²) in [6.07, 6.45) is 0. The van der Waals surface area contributed by atoms with E-state index < -0.39 is 6.04 Å². The molecule has 0 aliphatic rings. The van der Waals surface area contributed by atoms with E-state index in [2.05, 4.69) is 16.0 Å². The quantitative estimate of drug-likeness (QED) is 0.582. The topological polar surface area (TPSA) is 87.3 Å². The highest BCUT2D eigenvalue weighted by molar-refractivity contribution is 5.90. The van der Waals surface area contributed by atoms with Gasteiger partial charge >= 0.3 is 0 Å². The van der Waals surface area contributed by atoms with Crippen LogP contribution in [0.1, 0.15) is 27.7 Å². The number of hydrogen-bond acceptors (Lipinski definition) is 3. The Labute approximate surface area is 102 Å². The molecular weight excluding hydrogens is 222 g/mol. The number of rotatable bonds is 6. The smallest absolute Gasteiger partial charge is 0.243 e. The number of carbonyl (C=O) groups excluding carboxylic acids is 3. The van der Waals surface area contributed by atoms with E-state index in [-0.39, 0.29) is 30.2 Å². The Morgan fingerprint density at radius 1 is 1.12 bits per heavy atom. The summed E-state index contributed by atoms with van der Waals surface area (Å²) in [5.74, 6) is -0.891. The molecule has 0 aromatic rings. The molecule has 1 atom stereocenters. The largest absolute Gasteiger partial charge is 0.355 e. The molecule has 0 aliphatic heterocycles. The van der Waals surface area contributed by atoms with Crippen molar-refractivity contribution in [3.8, 4) is 0 Å². The van der Waals surface area contributed by atoms with Crippen molar-refractivity contribution in [1.29, 1.82) is 0 Å². The predicted molar refractivity (Wildman–Crippen MR) is 64.1 cm³/mol. The van der Waals surface area contributed by atoms with Gasteiger partial charge in [0, 0.05) is 13.5 Å². The number of nitrogens with one attached hydrogen (secondary N) is 3. The van der Waals surface area contributed by atoms with E-state index >= 15 is 0 Å². The Balaban J connectivity index is 4.24. The summed E-state index contributed by atoms with van der Waals surface area (Å²) in [6.45, 7) is 7.25. The number of hydrogen-bond donors (Lipinski definition) is 3. The van der Waals surface area contributed by atoms with E-state index in [9.17, 15) is 14.4 Å². The molecule has 0 radical (unpaired) electrons. The zero-order chi connectivity index (χ0) is 13.4. The summed E-state index contributed by atoms with van der Waals surface area (Å²) in [7, 11) is 0. The van der Waals surface area contributed by atoms with Gasteiger partial charge in [-0.1, -0.05) is 13.8 Å². The van der Waals surface area contributed by atoms with E-state index in [1.54, 1.807) is 6.92 Å². The molecular formula is C11H21N3O3. The highest BCUT2D eigenvalue weighted by Gasteiger charge is 2.22. The third-order valence-corrected chi connectivity index (χ3v) is 2.11. The third kappa shape index (κ3) is 6.55. The van der Waals surface area contributed by atoms with Crippen molar-refractivity contribution in [2.75, 3.05) is 13.1 Å². The Hall–Kier alpha value is -1.59. The predicted octanol–water partition coefficient (Wildman–Crippen LogP) is -0.601. The molecule has 3 N–H and O–H groups in total. The zero-order valence-electron chi connectivity index (χ0n) is 10.8. The molecule has 1 unspecified atom stereocenters. The lowest BCUT2D eigenvalue weighted by molar-refractivity contribution is -0.130. The first-order chi connectivity index (χ1) is 7.88. The van der Waals surface area contributed by atoms with E-state index in [0.717, 1.165) is 0 Å². The normalized spacial score (nSPS) is 11.8. The Kier molecular flexibility index (Phi) is 6.93. The zero-order valence-corrected chi connectivity index (χ0v) is 10.8. The average Bonchev–Trinajstić information content (AvgIpc) is 2.22. The van der Waals surface area contributed by atoms with Gasteiger partial charge in [0.05, 0.1) is 6.54 Å². The van der Waals surface area contributed by atoms with E-state index in [1.165, 1.54) is 6.92 Å². The molecule has 17 heavy (non-hydrogen) atoms. The van der Waals surface area contributed by atoms with Crippen LogP contribution in [0.15, 0.2) is 0 Å². The summed E-state index contributed by atoms with van der Waals surface area (Å²) in [5.41, 5.74) is 0. The lowest BCUT2D eigenvalue weighted by atomic mass is 10.0. The summed E-state index contributed by atoms with van der Waals surface area (Å²) in [5, 5.41) is 7.61. The van der Waals surface area contributed by atoms with Crippen molar-refractivity contribution < 1.29 is 14.4 Å². The molecule has 0 bridgehead atoms. The van der Waals surface area contributed by atoms with Gasteiger partial charge in [-0.3, -0.25) is 14.4 Å². The van der Waals surface area contributed by atoms with Crippen LogP contribution in [0.4, 0.5) is 0 Å². The van der Waals surface area contributed by atoms with Crippen LogP contribution in [0.3, 0.4) is 0 Å². The van der Waals surface area contributed by atoms with E-state index in [0.29, 0.717) is 6.54 Å². The minimum Gasteiger partial charge on any atom is -0.355 e. The van der Waals surface area contributed by atoms with Crippen molar-refractivity contribution in [2.45, 2.75) is 33.7 Å². The lowest BCUT2D eigenvalue weighted by Gasteiger charge is -2.20. The van der Waals surface area contributed by atoms with Crippen LogP contribution in [0.25, 0.3) is 0 Å². The highest BCUT2D eigenvalue weighted by atomic mass is 16.2. The van der Waals surface area contributed by atoms with Crippen LogP contribution in [0, 0.1) is 5.92 Å². The van der Waals surface area contributed by atoms with Gasteiger partial charge in [0.25, 0.3) is 0 Å². The first-order valence-electron chi connectivity index (χ1n) is 5.70. The van der Waals surface area contributed by atoms with Gasteiger partial charge in [-0.05, 0) is 12.8 Å². The fourth-order valence-electron chi connectivity index (χ4n) is 1.29. The second kappa shape index (κ2) is 7.65. The van der Waals surface area contributed by atoms with Crippen LogP contribution in [0.5, 0.6) is 0 Å². The lowest BCUT2D eigenvalue weighted by Crippen LogP contribution is -2.50. The standard InChI is InChI=1S/C11H21N3O3/c1-5-12-9(16)6-13-11(17)10(7(2)3)14-8(4)15/h7,10H,5-6H2,1-4H3,(H,12,16)(H,13,17)(H,14,15). The molecule has 0 fully saturated rings. The molecule has 6 heteroatoms. The van der Waals surface area contributed by atoms with Gasteiger partial charge < -0.3 is 16.0 Å². The number of carbonyl (C=O) groups is 3. The Bertz CT molecular complexity index is 290. The fourth-order valence-corrected chi connectivity index (χ4v) is 1.29. The van der Waals surface area contributed by atoms with E-state index in [4.69, 9.17) is 0 Å². The number of amides is 3. The molecule has 3 amide bonds. The van der Waals surface area contributed by atoms with Crippen LogP contribution >= 0.6 is 0 Å². The molecule has 98 valence electrons. The van der Waals surface area contributed by atoms with Crippen LogP contribution in [-0.4, -0.2) is 36.9 Å². The summed E-state index contributed by atoms with van der Waals surface area (Å²) < 4.78 is 0. The van der Waals surface area contributed by atoms with Gasteiger partial charge in [0.2, 0.25) is 17.7 Å². The van der Waals surface area contributed by atoms with Gasteiger partial charge in [-0.2, -0.15) is 0 Å². The van der Waals surface area contributed by atoms with Gasteiger partial charge in [0.1, 0.15) is 6.04 Å². The van der Waals surface area contributed by atoms with Crippen molar-refractivity contribution in [3.05, 3.63) is 0 Å². The highest BCUT2D eigenvalue weighted by Crippen LogP contribution is 2.01. The van der Waals surface area contributed by atoms with Crippen LogP contribution in [0.2, 0.25) is 0 Å². The molecule has 0 aliphatic carbocycles. The number of likely N-dealkylation sites (N-methyl/N-ethyl adjacent to an activating group) is 1. The van der Waals surface area contributed by atoms with Crippen molar-refractivity contribution in [1.82, 2.24) is 16.0 Å². The first-order valence-corrected chi connectivity index (χ1v) is 5.70. The second-order valence-electron chi connectivity index (χ2n) is 4.09. The van der Waals surface area contributed by atoms with Crippen LogP contribution in [-0.2, 0) is 14.4 Å². The first kappa shape index (κ1) is 15.4. The molecule has 0 spiro atoms. The molecule has 6 nitrogen and oxygen atoms in total. The maximum absolute atomic E-state index is 11.7. The second-order valence-corrected chi connectivity index (χ2v) is 4.09. The molecule has 0 saturated carbocycles. The monoisotopic (exact) mass is 243 g/mol. The van der Waals surface area contributed by atoms with Crippen molar-refractivity contribution in [2.24, 2.45) is 5.92 Å². The van der Waals surface area contributed by atoms with Gasteiger partial charge in [-0.25, -0.2) is 0 Å². The Morgan fingerprint density at radius 2 is 1.71 bits per heavy atom. The maximum Gasteiger partial charge on any atom is 0.243 e. The molecule has 0 heterocycles. The summed E-state index contributed by atoms with van der Waals surface area (Å²) >= 11 is 0. The molecule has 0 rings (SSSR count). The summed E-state index contributed by atoms with van der Waals surface area (Å²) in [4.78, 5) is 33.8. The third-order valence-electron chi connectivity index (χ3n) is 2.11. The minimum absolute atomic E-state index is 0.0341. The van der Waals surface area contributed by atoms with Gasteiger partial charge in [-0.15, -0.1) is 0 Å². The molecule has 0 aromatic carbocycles. The molecule has 0 saturated heterocycles.